The van der Waals surface area contributed by atoms with Crippen molar-refractivity contribution in [3.05, 3.63) is 0 Å². The van der Waals surface area contributed by atoms with E-state index in [9.17, 15) is 0 Å². The van der Waals surface area contributed by atoms with Crippen molar-refractivity contribution in [2.45, 2.75) is 13.0 Å². The maximum Gasteiger partial charge on any atom is 0.0628 e. The van der Waals surface area contributed by atoms with Gasteiger partial charge in [0.05, 0.1) is 12.6 Å². The van der Waals surface area contributed by atoms with E-state index in [-0.39, 0.29) is 12.6 Å². The van der Waals surface area contributed by atoms with Gasteiger partial charge in [-0.15, -0.1) is 0 Å². The monoisotopic (exact) mass is 133 g/mol. The number of aliphatic hydroxyl groups is 1. The normalized spacial score (nSPS) is 13.2. The average molecular weight is 133 g/mol. The van der Waals surface area contributed by atoms with Gasteiger partial charge in [-0.2, -0.15) is 0 Å². The molecule has 0 saturated heterocycles. The van der Waals surface area contributed by atoms with E-state index >= 15 is 0 Å². The van der Waals surface area contributed by atoms with Gasteiger partial charge >= 0.3 is 0 Å². The van der Waals surface area contributed by atoms with Crippen molar-refractivity contribution in [1.29, 1.82) is 0 Å². The first-order valence-electron chi connectivity index (χ1n) is 2.64. The molecule has 0 heterocycles. The minimum absolute atomic E-state index is 0.00463. The van der Waals surface area contributed by atoms with Gasteiger partial charge in [0.1, 0.15) is 0 Å². The van der Waals surface area contributed by atoms with E-state index < -0.39 is 0 Å². The number of aliphatic hydroxyl groups excluding tert-OH is 1. The number of thiocarbonyl (C=S) groups is 1. The van der Waals surface area contributed by atoms with Crippen molar-refractivity contribution in [3.8, 4) is 0 Å². The molecule has 1 atom stereocenters. The van der Waals surface area contributed by atoms with Crippen LogP contribution in [0.15, 0.2) is 0 Å². The summed E-state index contributed by atoms with van der Waals surface area (Å²) in [5.41, 5.74) is 0. The van der Waals surface area contributed by atoms with Crippen molar-refractivity contribution >= 4 is 17.6 Å². The summed E-state index contributed by atoms with van der Waals surface area (Å²) in [6.07, 6.45) is 0. The van der Waals surface area contributed by atoms with Gasteiger partial charge in [0, 0.05) is 0 Å². The molecular weight excluding hydrogens is 122 g/mol. The Morgan fingerprint density at radius 2 is 2.50 bits per heavy atom. The zero-order valence-electron chi connectivity index (χ0n) is 4.92. The Bertz CT molecular complexity index is 67.4. The summed E-state index contributed by atoms with van der Waals surface area (Å²) < 4.78 is 0. The summed E-state index contributed by atoms with van der Waals surface area (Å²) in [5, 5.41) is 13.0. The maximum absolute atomic E-state index is 8.50. The summed E-state index contributed by atoms with van der Waals surface area (Å²) in [6, 6.07) is -0.00463. The van der Waals surface area contributed by atoms with E-state index in [0.29, 0.717) is 0 Å². The standard InChI is InChI=1S/C5H11NOS/c1-2-6-5(3-7)4-8/h4-7H,2-3H2,1H3. The van der Waals surface area contributed by atoms with Gasteiger partial charge in [-0.05, 0) is 11.9 Å². The molecule has 0 amide bonds. The molecule has 0 spiro atoms. The molecule has 0 saturated carbocycles. The van der Waals surface area contributed by atoms with Crippen molar-refractivity contribution in [1.82, 2.24) is 5.32 Å². The van der Waals surface area contributed by atoms with Crippen LogP contribution in [0, 0.1) is 0 Å². The molecule has 8 heavy (non-hydrogen) atoms. The van der Waals surface area contributed by atoms with Crippen LogP contribution in [0.3, 0.4) is 0 Å². The predicted molar refractivity (Wildman–Crippen MR) is 38.2 cm³/mol. The number of likely N-dealkylation sites (N-methyl/N-ethyl adjacent to an activating group) is 1. The minimum atomic E-state index is -0.00463. The van der Waals surface area contributed by atoms with Gasteiger partial charge in [0.15, 0.2) is 0 Å². The van der Waals surface area contributed by atoms with Gasteiger partial charge < -0.3 is 10.4 Å². The first-order chi connectivity index (χ1) is 3.85. The number of hydrogen-bond donors (Lipinski definition) is 2. The number of nitrogens with one attached hydrogen (secondary N) is 1. The number of hydrogen-bond acceptors (Lipinski definition) is 3. The summed E-state index contributed by atoms with van der Waals surface area (Å²) in [6.45, 7) is 2.91. The van der Waals surface area contributed by atoms with E-state index in [2.05, 4.69) is 17.5 Å². The molecule has 3 heteroatoms. The molecule has 0 rings (SSSR count). The first kappa shape index (κ1) is 8.01. The smallest absolute Gasteiger partial charge is 0.0628 e. The summed E-state index contributed by atoms with van der Waals surface area (Å²) in [4.78, 5) is 0. The molecule has 2 N–H and O–H groups in total. The lowest BCUT2D eigenvalue weighted by Crippen LogP contribution is -2.32. The van der Waals surface area contributed by atoms with Crippen LogP contribution in [-0.4, -0.2) is 29.7 Å². The highest BCUT2D eigenvalue weighted by molar-refractivity contribution is 7.79. The molecule has 0 radical (unpaired) electrons. The van der Waals surface area contributed by atoms with Crippen LogP contribution in [0.1, 0.15) is 6.92 Å². The van der Waals surface area contributed by atoms with E-state index in [4.69, 9.17) is 5.11 Å². The fourth-order valence-electron chi connectivity index (χ4n) is 0.418. The zero-order valence-corrected chi connectivity index (χ0v) is 5.74. The van der Waals surface area contributed by atoms with Gasteiger partial charge in [-0.3, -0.25) is 0 Å². The van der Waals surface area contributed by atoms with Gasteiger partial charge in [-0.25, -0.2) is 0 Å². The highest BCUT2D eigenvalue weighted by Crippen LogP contribution is 1.74. The van der Waals surface area contributed by atoms with Gasteiger partial charge in [0.25, 0.3) is 0 Å². The molecular formula is C5H11NOS. The first-order valence-corrected chi connectivity index (χ1v) is 3.11. The second-order valence-corrected chi connectivity index (χ2v) is 1.75. The fourth-order valence-corrected chi connectivity index (χ4v) is 0.600. The lowest BCUT2D eigenvalue weighted by molar-refractivity contribution is 0.276. The molecule has 2 nitrogen and oxygen atoms in total. The van der Waals surface area contributed by atoms with Gasteiger partial charge in [-0.1, -0.05) is 19.1 Å². The third-order valence-corrected chi connectivity index (χ3v) is 1.16. The summed E-state index contributed by atoms with van der Waals surface area (Å²) >= 11 is 4.59. The average Bonchev–Trinajstić information content (AvgIpc) is 1.83. The molecule has 48 valence electrons. The topological polar surface area (TPSA) is 32.3 Å². The van der Waals surface area contributed by atoms with Crippen LogP contribution in [0.4, 0.5) is 0 Å². The third kappa shape index (κ3) is 3.07. The van der Waals surface area contributed by atoms with Crippen LogP contribution < -0.4 is 5.32 Å². The molecule has 1 unspecified atom stereocenters. The van der Waals surface area contributed by atoms with E-state index in [1.165, 1.54) is 5.37 Å². The van der Waals surface area contributed by atoms with Crippen molar-refractivity contribution in [2.75, 3.05) is 13.2 Å². The molecule has 0 aromatic rings. The summed E-state index contributed by atoms with van der Waals surface area (Å²) in [7, 11) is 0. The van der Waals surface area contributed by atoms with Crippen molar-refractivity contribution in [3.63, 3.8) is 0 Å². The second kappa shape index (κ2) is 5.15. The van der Waals surface area contributed by atoms with E-state index in [1.807, 2.05) is 6.92 Å². The van der Waals surface area contributed by atoms with Crippen LogP contribution >= 0.6 is 12.2 Å². The molecule has 0 fully saturated rings. The Kier molecular flexibility index (Phi) is 5.16. The largest absolute Gasteiger partial charge is 0.394 e. The molecule has 0 aromatic heterocycles. The highest BCUT2D eigenvalue weighted by Gasteiger charge is 1.96. The molecule has 0 bridgehead atoms. The second-order valence-electron chi connectivity index (χ2n) is 1.48. The molecule has 0 aliphatic heterocycles. The van der Waals surface area contributed by atoms with Crippen LogP contribution in [0.25, 0.3) is 0 Å². The van der Waals surface area contributed by atoms with Crippen molar-refractivity contribution < 1.29 is 5.11 Å². The SMILES string of the molecule is CCNC(C=S)CO. The fraction of sp³-hybridized carbons (Fsp3) is 0.800. The van der Waals surface area contributed by atoms with E-state index in [1.54, 1.807) is 0 Å². The zero-order chi connectivity index (χ0) is 6.41. The quantitative estimate of drug-likeness (QED) is 0.528. The molecule has 0 aliphatic carbocycles. The minimum Gasteiger partial charge on any atom is -0.394 e. The lowest BCUT2D eigenvalue weighted by Gasteiger charge is -2.06. The van der Waals surface area contributed by atoms with Crippen LogP contribution in [0.2, 0.25) is 0 Å². The van der Waals surface area contributed by atoms with E-state index in [0.717, 1.165) is 6.54 Å². The number of rotatable bonds is 4. The molecule has 0 aromatic carbocycles. The third-order valence-electron chi connectivity index (χ3n) is 0.827. The predicted octanol–water partition coefficient (Wildman–Crippen LogP) is -0.0435. The molecule has 0 aliphatic rings. The Morgan fingerprint density at radius 3 is 2.62 bits per heavy atom. The summed E-state index contributed by atoms with van der Waals surface area (Å²) in [5.74, 6) is 0. The van der Waals surface area contributed by atoms with Crippen LogP contribution in [-0.2, 0) is 0 Å². The Hall–Kier alpha value is 0.01000. The Labute approximate surface area is 54.9 Å². The Morgan fingerprint density at radius 1 is 1.88 bits per heavy atom. The lowest BCUT2D eigenvalue weighted by atomic mass is 10.4. The highest BCUT2D eigenvalue weighted by atomic mass is 32.1. The Balaban J connectivity index is 3.21. The maximum atomic E-state index is 8.50. The van der Waals surface area contributed by atoms with Crippen LogP contribution in [0.5, 0.6) is 0 Å². The van der Waals surface area contributed by atoms with Gasteiger partial charge in [0.2, 0.25) is 0 Å². The van der Waals surface area contributed by atoms with Crippen molar-refractivity contribution in [2.24, 2.45) is 0 Å².